The van der Waals surface area contributed by atoms with E-state index in [1.54, 1.807) is 37.3 Å². The Morgan fingerprint density at radius 1 is 1.00 bits per heavy atom. The van der Waals surface area contributed by atoms with E-state index in [9.17, 15) is 19.2 Å². The predicted octanol–water partition coefficient (Wildman–Crippen LogP) is 0.570. The molecule has 10 nitrogen and oxygen atoms in total. The molecule has 0 aliphatic heterocycles. The highest BCUT2D eigenvalue weighted by Gasteiger charge is 2.12. The second kappa shape index (κ2) is 9.97. The zero-order valence-corrected chi connectivity index (χ0v) is 15.2. The highest BCUT2D eigenvalue weighted by atomic mass is 32.1. The summed E-state index contributed by atoms with van der Waals surface area (Å²) >= 11 is 1.21. The molecule has 0 bridgehead atoms. The summed E-state index contributed by atoms with van der Waals surface area (Å²) < 4.78 is 4.74. The largest absolute Gasteiger partial charge is 0.455 e. The van der Waals surface area contributed by atoms with Crippen LogP contribution >= 0.6 is 11.3 Å². The van der Waals surface area contributed by atoms with Gasteiger partial charge < -0.3 is 10.1 Å². The van der Waals surface area contributed by atoms with Crippen LogP contribution in [0.4, 0.5) is 5.13 Å². The third-order valence-corrected chi connectivity index (χ3v) is 3.80. The summed E-state index contributed by atoms with van der Waals surface area (Å²) in [6.07, 6.45) is -0.322. The number of hydrogen-bond acceptors (Lipinski definition) is 8. The lowest BCUT2D eigenvalue weighted by molar-refractivity contribution is -0.149. The van der Waals surface area contributed by atoms with Crippen molar-refractivity contribution in [2.45, 2.75) is 19.8 Å². The highest BCUT2D eigenvalue weighted by molar-refractivity contribution is 7.15. The number of ether oxygens (including phenoxy) is 1. The Morgan fingerprint density at radius 3 is 2.41 bits per heavy atom. The lowest BCUT2D eigenvalue weighted by Crippen LogP contribution is -2.43. The molecule has 0 fully saturated rings. The van der Waals surface area contributed by atoms with Crippen LogP contribution in [-0.4, -0.2) is 40.5 Å². The average Bonchev–Trinajstić information content (AvgIpc) is 3.08. The minimum absolute atomic E-state index is 0.121. The zero-order chi connectivity index (χ0) is 19.6. The normalized spacial score (nSPS) is 9.96. The van der Waals surface area contributed by atoms with Gasteiger partial charge in [0.25, 0.3) is 11.8 Å². The number of amides is 3. The number of hydrogen-bond donors (Lipinski definition) is 3. The molecule has 27 heavy (non-hydrogen) atoms. The van der Waals surface area contributed by atoms with Crippen LogP contribution in [0, 0.1) is 6.92 Å². The Hall–Kier alpha value is -3.34. The van der Waals surface area contributed by atoms with Gasteiger partial charge in [-0.1, -0.05) is 29.5 Å². The Labute approximate surface area is 158 Å². The first-order chi connectivity index (χ1) is 12.9. The van der Waals surface area contributed by atoms with Crippen molar-refractivity contribution in [3.8, 4) is 0 Å². The van der Waals surface area contributed by atoms with Gasteiger partial charge in [-0.2, -0.15) is 0 Å². The molecule has 2 rings (SSSR count). The van der Waals surface area contributed by atoms with E-state index >= 15 is 0 Å². The number of rotatable bonds is 7. The van der Waals surface area contributed by atoms with Crippen molar-refractivity contribution < 1.29 is 23.9 Å². The molecule has 0 aliphatic rings. The molecule has 0 saturated heterocycles. The number of carbonyl (C=O) groups is 4. The van der Waals surface area contributed by atoms with Gasteiger partial charge in [-0.25, -0.2) is 0 Å². The maximum atomic E-state index is 11.7. The van der Waals surface area contributed by atoms with Crippen molar-refractivity contribution in [1.29, 1.82) is 0 Å². The average molecular weight is 391 g/mol. The number of hydrazine groups is 1. The molecule has 0 unspecified atom stereocenters. The number of nitrogens with zero attached hydrogens (tertiary/aromatic N) is 2. The van der Waals surface area contributed by atoms with Gasteiger partial charge in [0.1, 0.15) is 5.01 Å². The number of nitrogens with one attached hydrogen (secondary N) is 3. The first-order valence-corrected chi connectivity index (χ1v) is 8.65. The summed E-state index contributed by atoms with van der Waals surface area (Å²) in [6.45, 7) is 1.17. The molecule has 3 amide bonds. The number of anilines is 1. The van der Waals surface area contributed by atoms with Gasteiger partial charge in [-0.05, 0) is 19.1 Å². The molecule has 0 saturated carbocycles. The van der Waals surface area contributed by atoms with Crippen LogP contribution in [0.3, 0.4) is 0 Å². The van der Waals surface area contributed by atoms with E-state index in [4.69, 9.17) is 4.74 Å². The molecule has 1 aromatic carbocycles. The standard InChI is InChI=1S/C16H17N5O5S/c1-10-18-21-16(27-10)17-12(22)7-8-14(24)26-9-13(23)19-20-15(25)11-5-3-2-4-6-11/h2-6H,7-9H2,1H3,(H,19,23)(H,20,25)(H,17,21,22). The maximum absolute atomic E-state index is 11.7. The fraction of sp³-hybridized carbons (Fsp3) is 0.250. The van der Waals surface area contributed by atoms with Crippen LogP contribution < -0.4 is 16.2 Å². The minimum Gasteiger partial charge on any atom is -0.455 e. The summed E-state index contributed by atoms with van der Waals surface area (Å²) in [7, 11) is 0. The van der Waals surface area contributed by atoms with Gasteiger partial charge in [0.2, 0.25) is 11.0 Å². The summed E-state index contributed by atoms with van der Waals surface area (Å²) in [4.78, 5) is 46.5. The Morgan fingerprint density at radius 2 is 1.74 bits per heavy atom. The van der Waals surface area contributed by atoms with E-state index in [1.165, 1.54) is 11.3 Å². The third kappa shape index (κ3) is 7.20. The first-order valence-electron chi connectivity index (χ1n) is 7.84. The molecule has 0 atom stereocenters. The molecule has 3 N–H and O–H groups in total. The quantitative estimate of drug-likeness (QED) is 0.463. The Bertz CT molecular complexity index is 824. The van der Waals surface area contributed by atoms with Gasteiger partial charge in [0, 0.05) is 12.0 Å². The number of aromatic nitrogens is 2. The van der Waals surface area contributed by atoms with Crippen molar-refractivity contribution in [2.75, 3.05) is 11.9 Å². The van der Waals surface area contributed by atoms with Crippen LogP contribution in [-0.2, 0) is 19.1 Å². The molecular weight excluding hydrogens is 374 g/mol. The summed E-state index contributed by atoms with van der Waals surface area (Å²) in [5.41, 5.74) is 4.69. The molecule has 1 aromatic heterocycles. The molecule has 142 valence electrons. The molecule has 0 radical (unpaired) electrons. The van der Waals surface area contributed by atoms with E-state index in [0.717, 1.165) is 0 Å². The fourth-order valence-corrected chi connectivity index (χ4v) is 2.39. The van der Waals surface area contributed by atoms with Crippen molar-refractivity contribution in [1.82, 2.24) is 21.0 Å². The van der Waals surface area contributed by atoms with E-state index < -0.39 is 30.3 Å². The second-order valence-corrected chi connectivity index (χ2v) is 6.39. The van der Waals surface area contributed by atoms with Crippen LogP contribution in [0.5, 0.6) is 0 Å². The molecule has 0 aliphatic carbocycles. The molecule has 11 heteroatoms. The molecule has 2 aromatic rings. The smallest absolute Gasteiger partial charge is 0.306 e. The first kappa shape index (κ1) is 20.0. The van der Waals surface area contributed by atoms with Gasteiger partial charge in [0.15, 0.2) is 6.61 Å². The number of benzene rings is 1. The van der Waals surface area contributed by atoms with Crippen LogP contribution in [0.2, 0.25) is 0 Å². The van der Waals surface area contributed by atoms with Crippen molar-refractivity contribution in [3.05, 3.63) is 40.9 Å². The topological polar surface area (TPSA) is 139 Å². The van der Waals surface area contributed by atoms with Gasteiger partial charge in [-0.15, -0.1) is 10.2 Å². The van der Waals surface area contributed by atoms with E-state index in [0.29, 0.717) is 15.7 Å². The summed E-state index contributed by atoms with van der Waals surface area (Å²) in [5, 5.41) is 11.0. The van der Waals surface area contributed by atoms with Gasteiger partial charge in [-0.3, -0.25) is 30.0 Å². The van der Waals surface area contributed by atoms with Crippen molar-refractivity contribution in [3.63, 3.8) is 0 Å². The van der Waals surface area contributed by atoms with E-state index in [1.807, 2.05) is 0 Å². The molecule has 0 spiro atoms. The summed E-state index contributed by atoms with van der Waals surface area (Å²) in [6, 6.07) is 8.27. The minimum atomic E-state index is -0.719. The fourth-order valence-electron chi connectivity index (χ4n) is 1.79. The lowest BCUT2D eigenvalue weighted by Gasteiger charge is -2.08. The Kier molecular flexibility index (Phi) is 7.37. The molecule has 1 heterocycles. The van der Waals surface area contributed by atoms with E-state index in [-0.39, 0.29) is 12.8 Å². The predicted molar refractivity (Wildman–Crippen MR) is 95.5 cm³/mol. The van der Waals surface area contributed by atoms with Gasteiger partial charge >= 0.3 is 5.97 Å². The van der Waals surface area contributed by atoms with Crippen LogP contribution in [0.15, 0.2) is 30.3 Å². The monoisotopic (exact) mass is 391 g/mol. The van der Waals surface area contributed by atoms with Crippen LogP contribution in [0.25, 0.3) is 0 Å². The Balaban J connectivity index is 1.61. The molecular formula is C16H17N5O5S. The van der Waals surface area contributed by atoms with Crippen molar-refractivity contribution in [2.24, 2.45) is 0 Å². The third-order valence-electron chi connectivity index (χ3n) is 3.04. The number of aryl methyl sites for hydroxylation is 1. The highest BCUT2D eigenvalue weighted by Crippen LogP contribution is 2.13. The number of carbonyl (C=O) groups excluding carboxylic acids is 4. The van der Waals surface area contributed by atoms with Crippen molar-refractivity contribution >= 4 is 40.2 Å². The van der Waals surface area contributed by atoms with Crippen LogP contribution in [0.1, 0.15) is 28.2 Å². The van der Waals surface area contributed by atoms with E-state index in [2.05, 4.69) is 26.4 Å². The van der Waals surface area contributed by atoms with Gasteiger partial charge in [0.05, 0.1) is 6.42 Å². The second-order valence-electron chi connectivity index (χ2n) is 5.20. The summed E-state index contributed by atoms with van der Waals surface area (Å²) in [5.74, 6) is -2.34. The number of esters is 1. The zero-order valence-electron chi connectivity index (χ0n) is 14.4. The maximum Gasteiger partial charge on any atom is 0.306 e. The SMILES string of the molecule is Cc1nnc(NC(=O)CCC(=O)OCC(=O)NNC(=O)c2ccccc2)s1. The lowest BCUT2D eigenvalue weighted by atomic mass is 10.2.